The lowest BCUT2D eigenvalue weighted by Gasteiger charge is -2.45. The average Bonchev–Trinajstić information content (AvgIpc) is 2.80. The van der Waals surface area contributed by atoms with Crippen molar-refractivity contribution in [3.05, 3.63) is 101 Å². The molecule has 0 radical (unpaired) electrons. The first-order chi connectivity index (χ1) is 15.2. The smallest absolute Gasteiger partial charge is 0.310 e. The third-order valence-electron chi connectivity index (χ3n) is 6.39. The number of fused-ring (bicyclic) bond motifs is 1. The molecular formula is C26H26ClN3O. The van der Waals surface area contributed by atoms with Crippen LogP contribution in [0, 0.1) is 0 Å². The number of likely N-dealkylation sites (tertiary alicyclic amines) is 1. The second-order valence-electron chi connectivity index (χ2n) is 8.37. The summed E-state index contributed by atoms with van der Waals surface area (Å²) in [6.07, 6.45) is 1.93. The Kier molecular flexibility index (Phi) is 5.66. The van der Waals surface area contributed by atoms with E-state index in [1.807, 2.05) is 42.5 Å². The normalized spacial score (nSPS) is 19.7. The molecule has 2 heterocycles. The number of benzene rings is 3. The molecule has 5 rings (SSSR count). The van der Waals surface area contributed by atoms with Crippen LogP contribution in [-0.4, -0.2) is 35.0 Å². The number of carbonyl (C=O) groups is 1. The largest absolute Gasteiger partial charge is 0.322 e. The SMILES string of the molecule is O=C1Nc2ccccc2C(c2ccc(Cl)cc2)N1C1CCN(Cc2ccccc2)CC1. The van der Waals surface area contributed by atoms with E-state index in [0.29, 0.717) is 5.02 Å². The fourth-order valence-electron chi connectivity index (χ4n) is 4.86. The average molecular weight is 432 g/mol. The van der Waals surface area contributed by atoms with Crippen LogP contribution in [0.15, 0.2) is 78.9 Å². The van der Waals surface area contributed by atoms with Gasteiger partial charge < -0.3 is 10.2 Å². The van der Waals surface area contributed by atoms with Gasteiger partial charge in [0.1, 0.15) is 0 Å². The van der Waals surface area contributed by atoms with Crippen LogP contribution in [0.5, 0.6) is 0 Å². The van der Waals surface area contributed by atoms with Gasteiger partial charge >= 0.3 is 6.03 Å². The number of anilines is 1. The van der Waals surface area contributed by atoms with Gasteiger partial charge in [-0.1, -0.05) is 72.3 Å². The molecule has 3 aromatic rings. The topological polar surface area (TPSA) is 35.6 Å². The highest BCUT2D eigenvalue weighted by Gasteiger charge is 2.39. The van der Waals surface area contributed by atoms with Gasteiger partial charge in [0.15, 0.2) is 0 Å². The molecule has 0 bridgehead atoms. The van der Waals surface area contributed by atoms with E-state index < -0.39 is 0 Å². The molecule has 2 aliphatic rings. The Morgan fingerprint density at radius 2 is 1.55 bits per heavy atom. The van der Waals surface area contributed by atoms with Crippen molar-refractivity contribution in [1.82, 2.24) is 9.80 Å². The summed E-state index contributed by atoms with van der Waals surface area (Å²) < 4.78 is 0. The van der Waals surface area contributed by atoms with Crippen LogP contribution in [0.1, 0.15) is 35.6 Å². The second kappa shape index (κ2) is 8.74. The highest BCUT2D eigenvalue weighted by atomic mass is 35.5. The summed E-state index contributed by atoms with van der Waals surface area (Å²) >= 11 is 6.15. The molecule has 3 aromatic carbocycles. The number of nitrogens with one attached hydrogen (secondary N) is 1. The van der Waals surface area contributed by atoms with Crippen molar-refractivity contribution in [2.75, 3.05) is 18.4 Å². The van der Waals surface area contributed by atoms with E-state index in [4.69, 9.17) is 11.6 Å². The molecule has 4 nitrogen and oxygen atoms in total. The van der Waals surface area contributed by atoms with Crippen LogP contribution in [0.4, 0.5) is 10.5 Å². The molecule has 0 spiro atoms. The van der Waals surface area contributed by atoms with Gasteiger partial charge in [-0.3, -0.25) is 4.90 Å². The number of nitrogens with zero attached hydrogens (tertiary/aromatic N) is 2. The minimum atomic E-state index is -0.104. The third kappa shape index (κ3) is 4.18. The molecular weight excluding hydrogens is 406 g/mol. The van der Waals surface area contributed by atoms with E-state index in [1.54, 1.807) is 0 Å². The molecule has 0 aromatic heterocycles. The van der Waals surface area contributed by atoms with Gasteiger partial charge in [-0.2, -0.15) is 0 Å². The summed E-state index contributed by atoms with van der Waals surface area (Å²) in [6.45, 7) is 2.93. The molecule has 1 saturated heterocycles. The van der Waals surface area contributed by atoms with Crippen molar-refractivity contribution < 1.29 is 4.79 Å². The zero-order valence-electron chi connectivity index (χ0n) is 17.4. The lowest BCUT2D eigenvalue weighted by atomic mass is 9.90. The quantitative estimate of drug-likeness (QED) is 0.554. The molecule has 1 atom stereocenters. The van der Waals surface area contributed by atoms with Crippen LogP contribution in [0.3, 0.4) is 0 Å². The first kappa shape index (κ1) is 20.1. The minimum Gasteiger partial charge on any atom is -0.310 e. The molecule has 1 unspecified atom stereocenters. The fraction of sp³-hybridized carbons (Fsp3) is 0.269. The fourth-order valence-corrected chi connectivity index (χ4v) is 4.98. The van der Waals surface area contributed by atoms with Gasteiger partial charge in [0.2, 0.25) is 0 Å². The Hall–Kier alpha value is -2.82. The first-order valence-electron chi connectivity index (χ1n) is 10.9. The molecule has 2 amide bonds. The summed E-state index contributed by atoms with van der Waals surface area (Å²) in [6, 6.07) is 26.7. The summed E-state index contributed by atoms with van der Waals surface area (Å²) in [5.74, 6) is 0. The number of halogens is 1. The van der Waals surface area contributed by atoms with Crippen LogP contribution >= 0.6 is 11.6 Å². The van der Waals surface area contributed by atoms with Gasteiger partial charge in [0, 0.05) is 41.9 Å². The molecule has 158 valence electrons. The van der Waals surface area contributed by atoms with Gasteiger partial charge in [-0.15, -0.1) is 0 Å². The Morgan fingerprint density at radius 3 is 2.29 bits per heavy atom. The standard InChI is InChI=1S/C26H26ClN3O/c27-21-12-10-20(11-13-21)25-23-8-4-5-9-24(23)28-26(31)30(25)22-14-16-29(17-15-22)18-19-6-2-1-3-7-19/h1-13,22,25H,14-18H2,(H,28,31). The predicted molar refractivity (Wildman–Crippen MR) is 125 cm³/mol. The summed E-state index contributed by atoms with van der Waals surface area (Å²) in [7, 11) is 0. The number of carbonyl (C=O) groups excluding carboxylic acids is 1. The van der Waals surface area contributed by atoms with Crippen LogP contribution in [-0.2, 0) is 6.54 Å². The molecule has 31 heavy (non-hydrogen) atoms. The predicted octanol–water partition coefficient (Wildman–Crippen LogP) is 5.94. The first-order valence-corrected chi connectivity index (χ1v) is 11.3. The molecule has 5 heteroatoms. The van der Waals surface area contributed by atoms with E-state index in [9.17, 15) is 4.79 Å². The molecule has 0 saturated carbocycles. The summed E-state index contributed by atoms with van der Waals surface area (Å²) in [4.78, 5) is 17.8. The molecule has 0 aliphatic carbocycles. The van der Waals surface area contributed by atoms with Crippen molar-refractivity contribution in [3.63, 3.8) is 0 Å². The zero-order chi connectivity index (χ0) is 21.2. The maximum absolute atomic E-state index is 13.3. The minimum absolute atomic E-state index is 0.0137. The van der Waals surface area contributed by atoms with Gasteiger partial charge in [-0.05, 0) is 42.2 Å². The van der Waals surface area contributed by atoms with Crippen LogP contribution in [0.2, 0.25) is 5.02 Å². The number of hydrogen-bond donors (Lipinski definition) is 1. The highest BCUT2D eigenvalue weighted by molar-refractivity contribution is 6.30. The van der Waals surface area contributed by atoms with Gasteiger partial charge in [0.05, 0.1) is 6.04 Å². The molecule has 2 aliphatic heterocycles. The maximum atomic E-state index is 13.3. The Balaban J connectivity index is 1.39. The van der Waals surface area contributed by atoms with Crippen molar-refractivity contribution in [3.8, 4) is 0 Å². The van der Waals surface area contributed by atoms with Crippen LogP contribution < -0.4 is 5.32 Å². The Morgan fingerprint density at radius 1 is 0.871 bits per heavy atom. The van der Waals surface area contributed by atoms with Gasteiger partial charge in [0.25, 0.3) is 0 Å². The van der Waals surface area contributed by atoms with E-state index in [-0.39, 0.29) is 18.1 Å². The van der Waals surface area contributed by atoms with Crippen molar-refractivity contribution in [1.29, 1.82) is 0 Å². The summed E-state index contributed by atoms with van der Waals surface area (Å²) in [5.41, 5.74) is 4.46. The number of para-hydroxylation sites is 1. The maximum Gasteiger partial charge on any atom is 0.322 e. The number of hydrogen-bond acceptors (Lipinski definition) is 2. The third-order valence-corrected chi connectivity index (χ3v) is 6.65. The van der Waals surface area contributed by atoms with Gasteiger partial charge in [-0.25, -0.2) is 4.79 Å². The van der Waals surface area contributed by atoms with E-state index in [2.05, 4.69) is 51.5 Å². The monoisotopic (exact) mass is 431 g/mol. The highest BCUT2D eigenvalue weighted by Crippen LogP contribution is 2.40. The van der Waals surface area contributed by atoms with Crippen molar-refractivity contribution >= 4 is 23.3 Å². The summed E-state index contributed by atoms with van der Waals surface area (Å²) in [5, 5.41) is 3.82. The Labute approximate surface area is 188 Å². The van der Waals surface area contributed by atoms with Crippen molar-refractivity contribution in [2.24, 2.45) is 0 Å². The Bertz CT molecular complexity index is 1050. The van der Waals surface area contributed by atoms with Crippen LogP contribution in [0.25, 0.3) is 0 Å². The lowest BCUT2D eigenvalue weighted by Crippen LogP contribution is -2.52. The van der Waals surface area contributed by atoms with E-state index >= 15 is 0 Å². The number of urea groups is 1. The second-order valence-corrected chi connectivity index (χ2v) is 8.81. The number of piperidine rings is 1. The molecule has 1 N–H and O–H groups in total. The van der Waals surface area contributed by atoms with E-state index in [0.717, 1.165) is 49.3 Å². The van der Waals surface area contributed by atoms with Crippen molar-refractivity contribution in [2.45, 2.75) is 31.5 Å². The number of amides is 2. The van der Waals surface area contributed by atoms with E-state index in [1.165, 1.54) is 5.56 Å². The lowest BCUT2D eigenvalue weighted by molar-refractivity contribution is 0.106. The number of rotatable bonds is 4. The molecule has 1 fully saturated rings. The zero-order valence-corrected chi connectivity index (χ0v) is 18.1.